The van der Waals surface area contributed by atoms with Crippen LogP contribution in [0.25, 0.3) is 10.9 Å². The number of aliphatic hydroxyl groups excluding tert-OH is 2. The molecule has 0 amide bonds. The summed E-state index contributed by atoms with van der Waals surface area (Å²) in [5.41, 5.74) is 3.08. The minimum Gasteiger partial charge on any atom is -0.396 e. The fourth-order valence-corrected chi connectivity index (χ4v) is 5.45. The minimum atomic E-state index is -0.579. The second-order valence-corrected chi connectivity index (χ2v) is 8.25. The Balaban J connectivity index is 1.56. The number of para-hydroxylation sites is 1. The van der Waals surface area contributed by atoms with Crippen molar-refractivity contribution in [3.63, 3.8) is 0 Å². The monoisotopic (exact) mass is 385 g/mol. The molecule has 0 bridgehead atoms. The number of benzene rings is 2. The van der Waals surface area contributed by atoms with Crippen molar-refractivity contribution in [1.29, 1.82) is 5.26 Å². The molecule has 0 unspecified atom stereocenters. The van der Waals surface area contributed by atoms with Gasteiger partial charge >= 0.3 is 0 Å². The highest BCUT2D eigenvalue weighted by Gasteiger charge is 2.71. The molecule has 1 aliphatic carbocycles. The van der Waals surface area contributed by atoms with E-state index < -0.39 is 11.5 Å². The van der Waals surface area contributed by atoms with Gasteiger partial charge in [0.1, 0.15) is 11.9 Å². The van der Waals surface area contributed by atoms with Crippen LogP contribution in [0.3, 0.4) is 0 Å². The standard InChI is InChI=1S/C24H23N3O2/c1-15-17-9-5-6-10-20(17)26-23(18(15)11-25)27-12-21(29)24(14-27)19(13-28)22(24)16-7-3-2-4-8-16/h2-10,19,21-22,28-29H,12-14H2,1H3/t19-,21-,22-,24-/m1/s1. The van der Waals surface area contributed by atoms with Crippen molar-refractivity contribution in [2.75, 3.05) is 24.6 Å². The van der Waals surface area contributed by atoms with Crippen LogP contribution < -0.4 is 4.90 Å². The van der Waals surface area contributed by atoms with Crippen molar-refractivity contribution < 1.29 is 10.2 Å². The van der Waals surface area contributed by atoms with Crippen LogP contribution in [-0.2, 0) is 0 Å². The van der Waals surface area contributed by atoms with Gasteiger partial charge in [-0.2, -0.15) is 5.26 Å². The van der Waals surface area contributed by atoms with Crippen molar-refractivity contribution in [3.05, 3.63) is 71.3 Å². The molecule has 1 saturated heterocycles. The third kappa shape index (κ3) is 2.50. The van der Waals surface area contributed by atoms with E-state index in [1.165, 1.54) is 0 Å². The second-order valence-electron chi connectivity index (χ2n) is 8.25. The van der Waals surface area contributed by atoms with Crippen LogP contribution in [0.4, 0.5) is 5.82 Å². The number of pyridine rings is 1. The number of anilines is 1. The lowest BCUT2D eigenvalue weighted by molar-refractivity contribution is 0.113. The van der Waals surface area contributed by atoms with Gasteiger partial charge < -0.3 is 15.1 Å². The van der Waals surface area contributed by atoms with Crippen LogP contribution in [0, 0.1) is 29.6 Å². The van der Waals surface area contributed by atoms with Crippen molar-refractivity contribution >= 4 is 16.7 Å². The number of nitrogens with zero attached hydrogens (tertiary/aromatic N) is 3. The molecule has 2 N–H and O–H groups in total. The van der Waals surface area contributed by atoms with Gasteiger partial charge in [0, 0.05) is 30.5 Å². The molecule has 1 spiro atoms. The average Bonchev–Trinajstić information content (AvgIpc) is 3.29. The summed E-state index contributed by atoms with van der Waals surface area (Å²) in [6, 6.07) is 20.3. The highest BCUT2D eigenvalue weighted by Crippen LogP contribution is 2.69. The van der Waals surface area contributed by atoms with E-state index in [-0.39, 0.29) is 18.4 Å². The molecule has 1 aliphatic heterocycles. The summed E-state index contributed by atoms with van der Waals surface area (Å²) < 4.78 is 0. The van der Waals surface area contributed by atoms with E-state index in [9.17, 15) is 15.5 Å². The zero-order valence-electron chi connectivity index (χ0n) is 16.3. The molecule has 0 radical (unpaired) electrons. The molecule has 4 atom stereocenters. The molecule has 146 valence electrons. The van der Waals surface area contributed by atoms with E-state index in [1.54, 1.807) is 0 Å². The van der Waals surface area contributed by atoms with Crippen molar-refractivity contribution in [1.82, 2.24) is 4.98 Å². The van der Waals surface area contributed by atoms with Gasteiger partial charge in [-0.25, -0.2) is 4.98 Å². The molecule has 2 aliphatic rings. The molecule has 29 heavy (non-hydrogen) atoms. The van der Waals surface area contributed by atoms with Crippen molar-refractivity contribution in [2.45, 2.75) is 18.9 Å². The van der Waals surface area contributed by atoms with Crippen LogP contribution in [0.2, 0.25) is 0 Å². The van der Waals surface area contributed by atoms with Crippen LogP contribution in [0.5, 0.6) is 0 Å². The molecule has 1 aromatic heterocycles. The number of aryl methyl sites for hydroxylation is 1. The predicted octanol–water partition coefficient (Wildman–Crippen LogP) is 2.99. The smallest absolute Gasteiger partial charge is 0.147 e. The average molecular weight is 385 g/mol. The molecular weight excluding hydrogens is 362 g/mol. The van der Waals surface area contributed by atoms with Gasteiger partial charge in [-0.05, 0) is 36.0 Å². The maximum absolute atomic E-state index is 11.1. The Morgan fingerprint density at radius 3 is 2.62 bits per heavy atom. The van der Waals surface area contributed by atoms with E-state index in [0.717, 1.165) is 22.0 Å². The molecule has 5 nitrogen and oxygen atoms in total. The maximum Gasteiger partial charge on any atom is 0.147 e. The first-order valence-corrected chi connectivity index (χ1v) is 10.00. The highest BCUT2D eigenvalue weighted by molar-refractivity contribution is 5.87. The number of rotatable bonds is 3. The second kappa shape index (κ2) is 6.55. The first-order chi connectivity index (χ1) is 14.1. The van der Waals surface area contributed by atoms with Gasteiger partial charge in [0.05, 0.1) is 17.2 Å². The van der Waals surface area contributed by atoms with Gasteiger partial charge in [0.25, 0.3) is 0 Å². The Bertz CT molecular complexity index is 1120. The third-order valence-electron chi connectivity index (χ3n) is 6.94. The topological polar surface area (TPSA) is 80.4 Å². The van der Waals surface area contributed by atoms with Crippen molar-refractivity contribution in [3.8, 4) is 6.07 Å². The Morgan fingerprint density at radius 1 is 1.17 bits per heavy atom. The summed E-state index contributed by atoms with van der Waals surface area (Å²) in [7, 11) is 0. The maximum atomic E-state index is 11.1. The molecule has 3 aromatic rings. The Morgan fingerprint density at radius 2 is 1.90 bits per heavy atom. The van der Waals surface area contributed by atoms with Crippen LogP contribution in [0.1, 0.15) is 22.6 Å². The molecule has 2 fully saturated rings. The molecule has 5 heteroatoms. The van der Waals surface area contributed by atoms with Crippen LogP contribution in [0.15, 0.2) is 54.6 Å². The summed E-state index contributed by atoms with van der Waals surface area (Å²) in [4.78, 5) is 6.83. The number of aliphatic hydroxyl groups is 2. The van der Waals surface area contributed by atoms with Crippen LogP contribution in [-0.4, -0.2) is 41.0 Å². The van der Waals surface area contributed by atoms with E-state index in [4.69, 9.17) is 4.98 Å². The zero-order chi connectivity index (χ0) is 20.2. The summed E-state index contributed by atoms with van der Waals surface area (Å²) in [5.74, 6) is 0.757. The van der Waals surface area contributed by atoms with Crippen LogP contribution >= 0.6 is 0 Å². The number of aromatic nitrogens is 1. The van der Waals surface area contributed by atoms with E-state index >= 15 is 0 Å². The zero-order valence-corrected chi connectivity index (χ0v) is 16.3. The number of β-amino-alcohol motifs (C(OH)–C–C–N with tert-alkyl or cyclic N) is 1. The Kier molecular flexibility index (Phi) is 4.09. The Hall–Kier alpha value is -2.94. The summed E-state index contributed by atoms with van der Waals surface area (Å²) >= 11 is 0. The highest BCUT2D eigenvalue weighted by atomic mass is 16.3. The molecule has 1 saturated carbocycles. The lowest BCUT2D eigenvalue weighted by Gasteiger charge is -2.21. The van der Waals surface area contributed by atoms with Gasteiger partial charge in [-0.3, -0.25) is 0 Å². The fraction of sp³-hybridized carbons (Fsp3) is 0.333. The van der Waals surface area contributed by atoms with Crippen molar-refractivity contribution in [2.24, 2.45) is 11.3 Å². The predicted molar refractivity (Wildman–Crippen MR) is 112 cm³/mol. The van der Waals surface area contributed by atoms with Gasteiger partial charge in [-0.15, -0.1) is 0 Å². The molecular formula is C24H23N3O2. The van der Waals surface area contributed by atoms with E-state index in [2.05, 4.69) is 18.2 Å². The molecule has 5 rings (SSSR count). The number of hydrogen-bond acceptors (Lipinski definition) is 5. The summed E-state index contributed by atoms with van der Waals surface area (Å²) in [5, 5.41) is 31.9. The number of nitriles is 1. The number of hydrogen-bond donors (Lipinski definition) is 2. The summed E-state index contributed by atoms with van der Waals surface area (Å²) in [6.45, 7) is 2.99. The largest absolute Gasteiger partial charge is 0.396 e. The third-order valence-corrected chi connectivity index (χ3v) is 6.94. The summed E-state index contributed by atoms with van der Waals surface area (Å²) in [6.07, 6.45) is -0.579. The first kappa shape index (κ1) is 18.1. The van der Waals surface area contributed by atoms with Gasteiger partial charge in [-0.1, -0.05) is 48.5 Å². The normalized spacial score (nSPS) is 28.1. The van der Waals surface area contributed by atoms with Gasteiger partial charge in [0.2, 0.25) is 0 Å². The molecule has 2 heterocycles. The van der Waals surface area contributed by atoms with E-state index in [0.29, 0.717) is 24.5 Å². The minimum absolute atomic E-state index is 0.0111. The lowest BCUT2D eigenvalue weighted by Crippen LogP contribution is -2.24. The molecule has 2 aromatic carbocycles. The SMILES string of the molecule is Cc1c(C#N)c(N2C[C@@H](O)[C@@]3(C2)[C@H](CO)[C@H]3c2ccccc2)nc2ccccc12. The van der Waals surface area contributed by atoms with E-state index in [1.807, 2.05) is 54.3 Å². The fourth-order valence-electron chi connectivity index (χ4n) is 5.45. The van der Waals surface area contributed by atoms with Gasteiger partial charge in [0.15, 0.2) is 0 Å². The lowest BCUT2D eigenvalue weighted by atomic mass is 9.95. The Labute approximate surface area is 169 Å². The number of fused-ring (bicyclic) bond motifs is 1. The first-order valence-electron chi connectivity index (χ1n) is 10.00. The quantitative estimate of drug-likeness (QED) is 0.725.